The fourth-order valence-corrected chi connectivity index (χ4v) is 5.25. The molecular formula is C26H27ClN8OS. The highest BCUT2D eigenvalue weighted by Gasteiger charge is 2.21. The lowest BCUT2D eigenvalue weighted by Gasteiger charge is -2.34. The van der Waals surface area contributed by atoms with Crippen molar-refractivity contribution in [3.8, 4) is 0 Å². The second kappa shape index (κ2) is 11.3. The van der Waals surface area contributed by atoms with Gasteiger partial charge in [-0.3, -0.25) is 20.0 Å². The monoisotopic (exact) mass is 534 g/mol. The third kappa shape index (κ3) is 6.27. The minimum absolute atomic E-state index is 0.0288. The molecule has 1 N–H and O–H groups in total. The molecule has 1 aliphatic rings. The highest BCUT2D eigenvalue weighted by molar-refractivity contribution is 7.17. The first-order valence-electron chi connectivity index (χ1n) is 12.0. The van der Waals surface area contributed by atoms with E-state index in [0.717, 1.165) is 43.9 Å². The number of aromatic nitrogens is 5. The van der Waals surface area contributed by atoms with Gasteiger partial charge in [0.05, 0.1) is 11.1 Å². The van der Waals surface area contributed by atoms with Crippen molar-refractivity contribution >= 4 is 45.7 Å². The van der Waals surface area contributed by atoms with Crippen molar-refractivity contribution < 1.29 is 4.79 Å². The SMILES string of the molecule is Cc1nc(Nc2ncc(C(=O)Cc3c(C)cccc3Cl)s2)nc(N2CCN(Cc3ccncc3)CC2)n1. The number of thiazole rings is 1. The van der Waals surface area contributed by atoms with E-state index >= 15 is 0 Å². The van der Waals surface area contributed by atoms with Crippen molar-refractivity contribution in [2.75, 3.05) is 36.4 Å². The molecule has 0 unspecified atom stereocenters. The second-order valence-electron chi connectivity index (χ2n) is 8.91. The van der Waals surface area contributed by atoms with Crippen LogP contribution in [0.5, 0.6) is 0 Å². The summed E-state index contributed by atoms with van der Waals surface area (Å²) in [5, 5.41) is 4.30. The first-order valence-corrected chi connectivity index (χ1v) is 13.2. The Kier molecular flexibility index (Phi) is 7.68. The number of halogens is 1. The number of hydrogen-bond acceptors (Lipinski definition) is 10. The van der Waals surface area contributed by atoms with Crippen molar-refractivity contribution in [1.29, 1.82) is 0 Å². The first-order chi connectivity index (χ1) is 17.9. The maximum Gasteiger partial charge on any atom is 0.234 e. The smallest absolute Gasteiger partial charge is 0.234 e. The standard InChI is InChI=1S/C26H27ClN8OS/c1-17-4-3-5-21(27)20(17)14-22(36)23-15-29-26(37-23)33-24-30-18(2)31-25(32-24)35-12-10-34(11-13-35)16-19-6-8-28-9-7-19/h3-9,15H,10-14,16H2,1-2H3,(H,29,30,31,32,33). The Balaban J connectivity index is 1.22. The van der Waals surface area contributed by atoms with Crippen molar-refractivity contribution in [2.24, 2.45) is 0 Å². The van der Waals surface area contributed by atoms with Crippen LogP contribution in [0.4, 0.5) is 17.0 Å². The van der Waals surface area contributed by atoms with Crippen LogP contribution in [0.25, 0.3) is 0 Å². The first kappa shape index (κ1) is 25.2. The number of pyridine rings is 1. The van der Waals surface area contributed by atoms with Crippen LogP contribution in [0.2, 0.25) is 5.02 Å². The number of aryl methyl sites for hydroxylation is 2. The molecule has 3 aromatic heterocycles. The van der Waals surface area contributed by atoms with E-state index in [1.807, 2.05) is 38.4 Å². The van der Waals surface area contributed by atoms with Crippen LogP contribution >= 0.6 is 22.9 Å². The second-order valence-corrected chi connectivity index (χ2v) is 10.4. The van der Waals surface area contributed by atoms with E-state index in [9.17, 15) is 4.79 Å². The van der Waals surface area contributed by atoms with Crippen molar-refractivity contribution in [3.05, 3.63) is 81.3 Å². The fourth-order valence-electron chi connectivity index (χ4n) is 4.21. The third-order valence-corrected chi connectivity index (χ3v) is 7.54. The minimum atomic E-state index is -0.0288. The van der Waals surface area contributed by atoms with Crippen LogP contribution in [-0.4, -0.2) is 61.8 Å². The Bertz CT molecular complexity index is 1370. The van der Waals surface area contributed by atoms with E-state index in [2.05, 4.69) is 52.2 Å². The number of nitrogens with zero attached hydrogens (tertiary/aromatic N) is 7. The van der Waals surface area contributed by atoms with Crippen LogP contribution in [0, 0.1) is 13.8 Å². The van der Waals surface area contributed by atoms with E-state index < -0.39 is 0 Å². The van der Waals surface area contributed by atoms with Crippen molar-refractivity contribution in [3.63, 3.8) is 0 Å². The average molecular weight is 535 g/mol. The zero-order valence-corrected chi connectivity index (χ0v) is 22.3. The van der Waals surface area contributed by atoms with Gasteiger partial charge in [0.15, 0.2) is 10.9 Å². The van der Waals surface area contributed by atoms with Gasteiger partial charge in [0.1, 0.15) is 5.82 Å². The summed E-state index contributed by atoms with van der Waals surface area (Å²) < 4.78 is 0. The van der Waals surface area contributed by atoms with Crippen LogP contribution < -0.4 is 10.2 Å². The molecule has 0 aliphatic carbocycles. The number of benzene rings is 1. The van der Waals surface area contributed by atoms with Gasteiger partial charge in [-0.05, 0) is 48.7 Å². The normalized spacial score (nSPS) is 14.1. The van der Waals surface area contributed by atoms with Crippen LogP contribution in [0.15, 0.2) is 48.9 Å². The molecule has 0 atom stereocenters. The number of rotatable bonds is 8. The van der Waals surface area contributed by atoms with Crippen molar-refractivity contribution in [1.82, 2.24) is 29.8 Å². The number of piperazine rings is 1. The number of Topliss-reactive ketones (excluding diaryl/α,β-unsaturated/α-hetero) is 1. The predicted molar refractivity (Wildman–Crippen MR) is 146 cm³/mol. The summed E-state index contributed by atoms with van der Waals surface area (Å²) in [5.41, 5.74) is 3.10. The maximum absolute atomic E-state index is 12.9. The molecule has 0 radical (unpaired) electrons. The molecule has 37 heavy (non-hydrogen) atoms. The summed E-state index contributed by atoms with van der Waals surface area (Å²) >= 11 is 7.58. The molecule has 1 saturated heterocycles. The number of ketones is 1. The number of hydrogen-bond donors (Lipinski definition) is 1. The number of carbonyl (C=O) groups excluding carboxylic acids is 1. The molecule has 5 rings (SSSR count). The largest absolute Gasteiger partial charge is 0.338 e. The Morgan fingerprint density at radius 1 is 1.05 bits per heavy atom. The molecule has 9 nitrogen and oxygen atoms in total. The highest BCUT2D eigenvalue weighted by atomic mass is 35.5. The Morgan fingerprint density at radius 2 is 1.84 bits per heavy atom. The van der Waals surface area contributed by atoms with E-state index in [4.69, 9.17) is 11.6 Å². The van der Waals surface area contributed by atoms with Gasteiger partial charge in [0, 0.05) is 56.6 Å². The van der Waals surface area contributed by atoms with Gasteiger partial charge in [0.25, 0.3) is 0 Å². The van der Waals surface area contributed by atoms with Gasteiger partial charge in [-0.2, -0.15) is 15.0 Å². The van der Waals surface area contributed by atoms with Crippen LogP contribution in [0.1, 0.15) is 32.2 Å². The quantitative estimate of drug-likeness (QED) is 0.328. The zero-order chi connectivity index (χ0) is 25.8. The van der Waals surface area contributed by atoms with Crippen molar-refractivity contribution in [2.45, 2.75) is 26.8 Å². The summed E-state index contributed by atoms with van der Waals surface area (Å²) in [6.07, 6.45) is 5.47. The topological polar surface area (TPSA) is 100 Å². The molecule has 1 fully saturated rings. The molecule has 1 aromatic carbocycles. The summed E-state index contributed by atoms with van der Waals surface area (Å²) in [4.78, 5) is 40.1. The number of carbonyl (C=O) groups is 1. The summed E-state index contributed by atoms with van der Waals surface area (Å²) in [6.45, 7) is 8.18. The molecule has 0 saturated carbocycles. The Labute approximate surface area is 224 Å². The van der Waals surface area contributed by atoms with Gasteiger partial charge in [-0.25, -0.2) is 4.98 Å². The number of anilines is 3. The van der Waals surface area contributed by atoms with Gasteiger partial charge >= 0.3 is 0 Å². The molecule has 4 aromatic rings. The highest BCUT2D eigenvalue weighted by Crippen LogP contribution is 2.26. The zero-order valence-electron chi connectivity index (χ0n) is 20.7. The molecule has 0 spiro atoms. The average Bonchev–Trinajstić information content (AvgIpc) is 3.35. The van der Waals surface area contributed by atoms with Gasteiger partial charge in [0.2, 0.25) is 11.9 Å². The molecule has 4 heterocycles. The van der Waals surface area contributed by atoms with Crippen LogP contribution in [-0.2, 0) is 13.0 Å². The van der Waals surface area contributed by atoms with Gasteiger partial charge in [-0.1, -0.05) is 35.1 Å². The van der Waals surface area contributed by atoms with Gasteiger partial charge < -0.3 is 4.90 Å². The lowest BCUT2D eigenvalue weighted by atomic mass is 10.0. The Morgan fingerprint density at radius 3 is 2.59 bits per heavy atom. The number of nitrogens with one attached hydrogen (secondary N) is 1. The fraction of sp³-hybridized carbons (Fsp3) is 0.308. The lowest BCUT2D eigenvalue weighted by molar-refractivity contribution is 0.0996. The summed E-state index contributed by atoms with van der Waals surface area (Å²) in [5.74, 6) is 1.64. The maximum atomic E-state index is 12.9. The molecule has 1 aliphatic heterocycles. The molecule has 190 valence electrons. The third-order valence-electron chi connectivity index (χ3n) is 6.24. The minimum Gasteiger partial charge on any atom is -0.338 e. The molecule has 0 bridgehead atoms. The van der Waals surface area contributed by atoms with E-state index in [1.54, 1.807) is 12.3 Å². The van der Waals surface area contributed by atoms with Crippen LogP contribution in [0.3, 0.4) is 0 Å². The molecular weight excluding hydrogens is 508 g/mol. The van der Waals surface area contributed by atoms with E-state index in [1.165, 1.54) is 16.9 Å². The summed E-state index contributed by atoms with van der Waals surface area (Å²) in [7, 11) is 0. The lowest BCUT2D eigenvalue weighted by Crippen LogP contribution is -2.46. The Hall–Kier alpha value is -3.47. The van der Waals surface area contributed by atoms with E-state index in [0.29, 0.717) is 32.8 Å². The predicted octanol–water partition coefficient (Wildman–Crippen LogP) is 4.48. The molecule has 0 amide bonds. The summed E-state index contributed by atoms with van der Waals surface area (Å²) in [6, 6.07) is 9.74. The van der Waals surface area contributed by atoms with E-state index in [-0.39, 0.29) is 12.2 Å². The molecule has 11 heteroatoms. The van der Waals surface area contributed by atoms with Gasteiger partial charge in [-0.15, -0.1) is 0 Å².